The van der Waals surface area contributed by atoms with E-state index in [1.807, 2.05) is 13.8 Å². The number of aromatic nitrogens is 1. The highest BCUT2D eigenvalue weighted by Gasteiger charge is 2.55. The molecule has 1 N–H and O–H groups in total. The number of thiazole rings is 1. The number of Topliss-reactive ketones (excluding diaryl/α,β-unsaturated/α-hetero) is 1. The standard InChI is InChI=1S/C32H45NO7S/c1-7-19-11-9-8-10-16(2)29(35)24-14-22-21-12-20(40-32(36)30(38-6)17(3)37-5)13-25(21)31-28(33-18(4)41-31)27(22)23(24)15-26(34)39-19/h14,16,19-23,25,27,32,36H,7-13,15H2,1-6H3/b30-17+/t16-,19+,20+,21+,22?,23-,25?,27?,32+/m1/s1. The summed E-state index contributed by atoms with van der Waals surface area (Å²) in [4.78, 5) is 33.5. The van der Waals surface area contributed by atoms with Crippen molar-refractivity contribution in [2.24, 2.45) is 23.7 Å². The number of hydrogen-bond donors (Lipinski definition) is 1. The fourth-order valence-electron chi connectivity index (χ4n) is 7.75. The third-order valence-electron chi connectivity index (χ3n) is 9.83. The molecule has 0 amide bonds. The number of aliphatic hydroxyl groups excluding tert-OH is 1. The second kappa shape index (κ2) is 12.6. The first-order valence-corrected chi connectivity index (χ1v) is 16.0. The molecule has 1 aromatic rings. The Hall–Kier alpha value is -2.23. The molecule has 9 heteroatoms. The highest BCUT2D eigenvalue weighted by molar-refractivity contribution is 7.11. The molecule has 0 radical (unpaired) electrons. The van der Waals surface area contributed by atoms with E-state index >= 15 is 0 Å². The SMILES string of the molecule is CC[C@H]1CCCC[C@@H](C)C(=O)C2=CC3C(c4nc(C)sc4C4C[C@@H](O[C@H](O)/C(OC)=C(/C)OC)C[C@H]43)[C@@H]2CC(=O)O1. The number of hydrogen-bond acceptors (Lipinski definition) is 9. The molecule has 9 atom stereocenters. The predicted molar refractivity (Wildman–Crippen MR) is 155 cm³/mol. The maximum absolute atomic E-state index is 13.9. The van der Waals surface area contributed by atoms with Gasteiger partial charge in [0.15, 0.2) is 11.5 Å². The molecule has 1 saturated heterocycles. The minimum atomic E-state index is -1.23. The molecule has 226 valence electrons. The molecular formula is C32H45NO7S. The monoisotopic (exact) mass is 587 g/mol. The van der Waals surface area contributed by atoms with Gasteiger partial charge in [0.1, 0.15) is 11.9 Å². The first-order valence-electron chi connectivity index (χ1n) is 15.2. The molecule has 0 bridgehead atoms. The Bertz CT molecular complexity index is 1200. The predicted octanol–water partition coefficient (Wildman–Crippen LogP) is 5.93. The molecule has 2 fully saturated rings. The molecule has 8 nitrogen and oxygen atoms in total. The Kier molecular flexibility index (Phi) is 9.26. The number of carbonyl (C=O) groups excluding carboxylic acids is 2. The third kappa shape index (κ3) is 5.87. The van der Waals surface area contributed by atoms with E-state index in [2.05, 4.69) is 13.0 Å². The minimum Gasteiger partial charge on any atom is -0.498 e. The van der Waals surface area contributed by atoms with Gasteiger partial charge in [-0.05, 0) is 69.8 Å². The number of carbonyl (C=O) groups is 2. The Morgan fingerprint density at radius 1 is 1.17 bits per heavy atom. The molecule has 3 unspecified atom stereocenters. The van der Waals surface area contributed by atoms with Gasteiger partial charge < -0.3 is 24.1 Å². The van der Waals surface area contributed by atoms with Crippen LogP contribution in [-0.4, -0.2) is 54.6 Å². The van der Waals surface area contributed by atoms with Gasteiger partial charge in [-0.15, -0.1) is 11.3 Å². The summed E-state index contributed by atoms with van der Waals surface area (Å²) >= 11 is 1.72. The summed E-state index contributed by atoms with van der Waals surface area (Å²) in [5.41, 5.74) is 1.83. The molecule has 2 heterocycles. The zero-order chi connectivity index (χ0) is 29.4. The van der Waals surface area contributed by atoms with Crippen molar-refractivity contribution >= 4 is 23.1 Å². The normalized spacial score (nSPS) is 35.0. The maximum atomic E-state index is 13.9. The quantitative estimate of drug-likeness (QED) is 0.248. The average molecular weight is 588 g/mol. The molecule has 41 heavy (non-hydrogen) atoms. The summed E-state index contributed by atoms with van der Waals surface area (Å²) in [6.45, 7) is 7.86. The largest absolute Gasteiger partial charge is 0.498 e. The van der Waals surface area contributed by atoms with Crippen LogP contribution in [0.25, 0.3) is 0 Å². The molecule has 4 aliphatic rings. The molecule has 3 aliphatic carbocycles. The summed E-state index contributed by atoms with van der Waals surface area (Å²) in [6, 6.07) is 0. The highest BCUT2D eigenvalue weighted by atomic mass is 32.1. The van der Waals surface area contributed by atoms with Crippen LogP contribution in [0.3, 0.4) is 0 Å². The number of aryl methyl sites for hydroxylation is 1. The van der Waals surface area contributed by atoms with Crippen LogP contribution in [0, 0.1) is 30.6 Å². The first-order chi connectivity index (χ1) is 19.7. The number of allylic oxidation sites excluding steroid dienone is 3. The number of ether oxygens (including phenoxy) is 4. The van der Waals surface area contributed by atoms with Crippen LogP contribution in [0.5, 0.6) is 0 Å². The molecule has 0 spiro atoms. The Morgan fingerprint density at radius 2 is 1.93 bits per heavy atom. The fraction of sp³-hybridized carbons (Fsp3) is 0.719. The van der Waals surface area contributed by atoms with Crippen molar-refractivity contribution in [3.05, 3.63) is 38.7 Å². The average Bonchev–Trinajstić information content (AvgIpc) is 3.64. The third-order valence-corrected chi connectivity index (χ3v) is 10.9. The van der Waals surface area contributed by atoms with Gasteiger partial charge in [0, 0.05) is 28.5 Å². The van der Waals surface area contributed by atoms with Gasteiger partial charge >= 0.3 is 5.97 Å². The van der Waals surface area contributed by atoms with E-state index in [1.165, 1.54) is 19.1 Å². The number of fused-ring (bicyclic) bond motifs is 8. The van der Waals surface area contributed by atoms with E-state index < -0.39 is 6.29 Å². The van der Waals surface area contributed by atoms with Crippen LogP contribution in [0.15, 0.2) is 23.2 Å². The van der Waals surface area contributed by atoms with E-state index in [1.54, 1.807) is 18.3 Å². The molecule has 1 aliphatic heterocycles. The molecule has 5 rings (SSSR count). The van der Waals surface area contributed by atoms with E-state index in [0.29, 0.717) is 5.76 Å². The van der Waals surface area contributed by atoms with Crippen LogP contribution in [0.1, 0.15) is 99.6 Å². The van der Waals surface area contributed by atoms with Crippen LogP contribution >= 0.6 is 11.3 Å². The molecule has 0 aromatic carbocycles. The zero-order valence-corrected chi connectivity index (χ0v) is 26.0. The van der Waals surface area contributed by atoms with Gasteiger partial charge in [-0.2, -0.15) is 0 Å². The lowest BCUT2D eigenvalue weighted by Crippen LogP contribution is -2.32. The minimum absolute atomic E-state index is 0.0354. The summed E-state index contributed by atoms with van der Waals surface area (Å²) < 4.78 is 22.8. The van der Waals surface area contributed by atoms with Gasteiger partial charge in [0.05, 0.1) is 37.4 Å². The van der Waals surface area contributed by atoms with Crippen LogP contribution in [-0.2, 0) is 28.5 Å². The molecular weight excluding hydrogens is 542 g/mol. The van der Waals surface area contributed by atoms with E-state index in [0.717, 1.165) is 61.2 Å². The van der Waals surface area contributed by atoms with E-state index in [4.69, 9.17) is 23.9 Å². The Balaban J connectivity index is 1.48. The Labute approximate surface area is 247 Å². The van der Waals surface area contributed by atoms with Crippen molar-refractivity contribution in [2.75, 3.05) is 14.2 Å². The van der Waals surface area contributed by atoms with Crippen LogP contribution in [0.4, 0.5) is 0 Å². The van der Waals surface area contributed by atoms with Crippen molar-refractivity contribution in [3.8, 4) is 0 Å². The maximum Gasteiger partial charge on any atom is 0.306 e. The van der Waals surface area contributed by atoms with Crippen molar-refractivity contribution in [3.63, 3.8) is 0 Å². The van der Waals surface area contributed by atoms with E-state index in [9.17, 15) is 14.7 Å². The second-order valence-electron chi connectivity index (χ2n) is 12.3. The topological polar surface area (TPSA) is 104 Å². The number of aliphatic hydroxyl groups is 1. The summed E-state index contributed by atoms with van der Waals surface area (Å²) in [6.07, 6.45) is 6.79. The lowest BCUT2D eigenvalue weighted by Gasteiger charge is -2.37. The second-order valence-corrected chi connectivity index (χ2v) is 13.5. The van der Waals surface area contributed by atoms with Gasteiger partial charge in [0.2, 0.25) is 6.29 Å². The smallest absolute Gasteiger partial charge is 0.306 e. The van der Waals surface area contributed by atoms with E-state index in [-0.39, 0.29) is 71.6 Å². The number of ketones is 1. The lowest BCUT2D eigenvalue weighted by molar-refractivity contribution is -0.150. The number of esters is 1. The van der Waals surface area contributed by atoms with Crippen LogP contribution in [0.2, 0.25) is 0 Å². The first kappa shape index (κ1) is 30.2. The number of rotatable bonds is 6. The van der Waals surface area contributed by atoms with Crippen molar-refractivity contribution in [1.82, 2.24) is 4.98 Å². The van der Waals surface area contributed by atoms with Crippen LogP contribution < -0.4 is 0 Å². The summed E-state index contributed by atoms with van der Waals surface area (Å²) in [7, 11) is 3.03. The van der Waals surface area contributed by atoms with Crippen molar-refractivity contribution < 1.29 is 33.6 Å². The number of methoxy groups -OCH3 is 2. The lowest BCUT2D eigenvalue weighted by atomic mass is 9.67. The van der Waals surface area contributed by atoms with Gasteiger partial charge in [0.25, 0.3) is 0 Å². The number of nitrogens with zero attached hydrogens (tertiary/aromatic N) is 1. The number of cyclic esters (lactones) is 1. The van der Waals surface area contributed by atoms with Gasteiger partial charge in [-0.25, -0.2) is 4.98 Å². The van der Waals surface area contributed by atoms with Crippen molar-refractivity contribution in [2.45, 2.75) is 109 Å². The fourth-order valence-corrected chi connectivity index (χ4v) is 8.92. The zero-order valence-electron chi connectivity index (χ0n) is 25.2. The summed E-state index contributed by atoms with van der Waals surface area (Å²) in [5, 5.41) is 11.8. The van der Waals surface area contributed by atoms with Gasteiger partial charge in [-0.1, -0.05) is 26.3 Å². The summed E-state index contributed by atoms with van der Waals surface area (Å²) in [5.74, 6) is 0.851. The van der Waals surface area contributed by atoms with Crippen molar-refractivity contribution in [1.29, 1.82) is 0 Å². The molecule has 1 aromatic heterocycles. The molecule has 1 saturated carbocycles. The highest BCUT2D eigenvalue weighted by Crippen LogP contribution is 2.62. The Morgan fingerprint density at radius 3 is 2.63 bits per heavy atom. The van der Waals surface area contributed by atoms with Gasteiger partial charge in [-0.3, -0.25) is 9.59 Å².